The number of nitrogens with one attached hydrogen (secondary N) is 1. The van der Waals surface area contributed by atoms with Crippen molar-refractivity contribution < 1.29 is 14.6 Å². The van der Waals surface area contributed by atoms with E-state index in [9.17, 15) is 9.90 Å². The van der Waals surface area contributed by atoms with Crippen LogP contribution in [0.4, 0.5) is 5.69 Å². The molecule has 5 heteroatoms. The number of hydrogen-bond donors (Lipinski definition) is 2. The largest absolute Gasteiger partial charge is 0.508 e. The third-order valence-corrected chi connectivity index (χ3v) is 6.06. The molecule has 0 bridgehead atoms. The molecule has 0 radical (unpaired) electrons. The van der Waals surface area contributed by atoms with Crippen LogP contribution >= 0.6 is 0 Å². The maximum absolute atomic E-state index is 13.7. The summed E-state index contributed by atoms with van der Waals surface area (Å²) >= 11 is 0. The van der Waals surface area contributed by atoms with Crippen molar-refractivity contribution in [3.63, 3.8) is 0 Å². The van der Waals surface area contributed by atoms with E-state index in [4.69, 9.17) is 4.74 Å². The maximum atomic E-state index is 13.7. The number of ether oxygens (including phenoxy) is 1. The summed E-state index contributed by atoms with van der Waals surface area (Å²) in [6.07, 6.45) is 0.667. The second kappa shape index (κ2) is 11.6. The smallest absolute Gasteiger partial charge is 0.256 e. The molecule has 0 aromatic heterocycles. The first-order chi connectivity index (χ1) is 17.4. The lowest BCUT2D eigenvalue weighted by atomic mass is 9.91. The summed E-state index contributed by atoms with van der Waals surface area (Å²) in [5.74, 6) is 0.716. The van der Waals surface area contributed by atoms with E-state index in [2.05, 4.69) is 47.5 Å². The van der Waals surface area contributed by atoms with E-state index in [1.807, 2.05) is 50.5 Å². The molecule has 0 fully saturated rings. The highest BCUT2D eigenvalue weighted by atomic mass is 16.5. The van der Waals surface area contributed by atoms with Crippen LogP contribution in [0, 0.1) is 0 Å². The van der Waals surface area contributed by atoms with Crippen LogP contribution in [0.25, 0.3) is 21.9 Å². The monoisotopic (exact) mass is 480 g/mol. The number of aromatic hydroxyl groups is 1. The molecule has 0 saturated carbocycles. The average molecular weight is 481 g/mol. The minimum absolute atomic E-state index is 0.159. The van der Waals surface area contributed by atoms with Crippen molar-refractivity contribution in [3.8, 4) is 11.5 Å². The molecule has 4 aromatic rings. The Kier molecular flexibility index (Phi) is 8.03. The number of benzene rings is 4. The van der Waals surface area contributed by atoms with Gasteiger partial charge in [0.2, 0.25) is 0 Å². The first-order valence-electron chi connectivity index (χ1n) is 12.1. The zero-order valence-corrected chi connectivity index (χ0v) is 21.0. The second-order valence-electron chi connectivity index (χ2n) is 8.95. The van der Waals surface area contributed by atoms with Crippen LogP contribution in [0.15, 0.2) is 91.0 Å². The van der Waals surface area contributed by atoms with Gasteiger partial charge in [0.25, 0.3) is 5.91 Å². The van der Waals surface area contributed by atoms with Crippen LogP contribution in [0.3, 0.4) is 0 Å². The number of anilines is 1. The lowest BCUT2D eigenvalue weighted by Gasteiger charge is -2.17. The topological polar surface area (TPSA) is 61.8 Å². The van der Waals surface area contributed by atoms with E-state index in [0.29, 0.717) is 24.3 Å². The summed E-state index contributed by atoms with van der Waals surface area (Å²) in [4.78, 5) is 15.8. The molecule has 0 atom stereocenters. The Morgan fingerprint density at radius 2 is 1.53 bits per heavy atom. The van der Waals surface area contributed by atoms with Crippen molar-refractivity contribution in [2.24, 2.45) is 0 Å². The van der Waals surface area contributed by atoms with Crippen molar-refractivity contribution in [1.82, 2.24) is 4.90 Å². The van der Waals surface area contributed by atoms with Crippen LogP contribution in [0.1, 0.15) is 24.5 Å². The molecular formula is C31H32N2O3. The normalized spacial score (nSPS) is 11.9. The van der Waals surface area contributed by atoms with Crippen LogP contribution in [0.5, 0.6) is 11.5 Å². The van der Waals surface area contributed by atoms with E-state index in [-0.39, 0.29) is 11.7 Å². The molecule has 4 rings (SSSR count). The molecule has 0 aliphatic heterocycles. The van der Waals surface area contributed by atoms with Gasteiger partial charge in [0.05, 0.1) is 5.57 Å². The number of likely N-dealkylation sites (N-methyl/N-ethyl adjacent to an activating group) is 1. The predicted octanol–water partition coefficient (Wildman–Crippen LogP) is 6.45. The summed E-state index contributed by atoms with van der Waals surface area (Å²) in [6, 6.07) is 28.7. The van der Waals surface area contributed by atoms with E-state index < -0.39 is 0 Å². The lowest BCUT2D eigenvalue weighted by molar-refractivity contribution is -0.111. The highest BCUT2D eigenvalue weighted by molar-refractivity contribution is 6.31. The molecule has 5 nitrogen and oxygen atoms in total. The summed E-state index contributed by atoms with van der Waals surface area (Å²) in [6.45, 7) is 3.48. The highest BCUT2D eigenvalue weighted by Gasteiger charge is 2.19. The summed E-state index contributed by atoms with van der Waals surface area (Å²) in [5, 5.41) is 15.2. The number of amides is 1. The lowest BCUT2D eigenvalue weighted by Crippen LogP contribution is -2.19. The van der Waals surface area contributed by atoms with Gasteiger partial charge >= 0.3 is 0 Å². The van der Waals surface area contributed by atoms with Gasteiger partial charge in [-0.2, -0.15) is 0 Å². The highest BCUT2D eigenvalue weighted by Crippen LogP contribution is 2.33. The zero-order valence-electron chi connectivity index (χ0n) is 21.0. The minimum atomic E-state index is -0.202. The van der Waals surface area contributed by atoms with Gasteiger partial charge in [-0.25, -0.2) is 0 Å². The third-order valence-electron chi connectivity index (χ3n) is 6.06. The molecule has 4 aromatic carbocycles. The van der Waals surface area contributed by atoms with E-state index in [0.717, 1.165) is 39.8 Å². The van der Waals surface area contributed by atoms with Gasteiger partial charge in [0, 0.05) is 12.2 Å². The molecule has 0 saturated heterocycles. The number of phenols is 1. The minimum Gasteiger partial charge on any atom is -0.508 e. The van der Waals surface area contributed by atoms with Crippen LogP contribution in [-0.4, -0.2) is 43.2 Å². The first kappa shape index (κ1) is 25.0. The average Bonchev–Trinajstić information content (AvgIpc) is 2.88. The maximum Gasteiger partial charge on any atom is 0.256 e. The van der Waals surface area contributed by atoms with Crippen molar-refractivity contribution in [2.45, 2.75) is 13.3 Å². The Morgan fingerprint density at radius 3 is 2.19 bits per heavy atom. The fourth-order valence-electron chi connectivity index (χ4n) is 4.15. The van der Waals surface area contributed by atoms with Gasteiger partial charge in [-0.15, -0.1) is 0 Å². The second-order valence-corrected chi connectivity index (χ2v) is 8.95. The number of rotatable bonds is 9. The number of allylic oxidation sites excluding steroid dienone is 1. The van der Waals surface area contributed by atoms with Crippen LogP contribution in [-0.2, 0) is 4.79 Å². The molecule has 0 aliphatic carbocycles. The number of hydrogen-bond acceptors (Lipinski definition) is 4. The zero-order chi connectivity index (χ0) is 25.5. The van der Waals surface area contributed by atoms with E-state index in [1.54, 1.807) is 24.3 Å². The predicted molar refractivity (Wildman–Crippen MR) is 148 cm³/mol. The van der Waals surface area contributed by atoms with E-state index >= 15 is 0 Å². The number of nitrogens with zero attached hydrogens (tertiary/aromatic N) is 1. The van der Waals surface area contributed by atoms with Gasteiger partial charge in [-0.3, -0.25) is 4.79 Å². The molecule has 184 valence electrons. The number of carbonyl (C=O) groups is 1. The molecular weight excluding hydrogens is 448 g/mol. The number of phenolic OH excluding ortho intramolecular Hbond substituents is 1. The quantitative estimate of drug-likeness (QED) is 0.214. The first-order valence-corrected chi connectivity index (χ1v) is 12.1. The molecule has 0 spiro atoms. The summed E-state index contributed by atoms with van der Waals surface area (Å²) < 4.78 is 5.77. The van der Waals surface area contributed by atoms with Gasteiger partial charge < -0.3 is 20.1 Å². The number of carbonyl (C=O) groups excluding carboxylic acids is 1. The van der Waals surface area contributed by atoms with Gasteiger partial charge in [0.1, 0.15) is 18.1 Å². The Morgan fingerprint density at radius 1 is 0.861 bits per heavy atom. The van der Waals surface area contributed by atoms with Gasteiger partial charge in [0.15, 0.2) is 0 Å². The van der Waals surface area contributed by atoms with Crippen molar-refractivity contribution >= 4 is 33.5 Å². The van der Waals surface area contributed by atoms with Crippen molar-refractivity contribution in [1.29, 1.82) is 0 Å². The van der Waals surface area contributed by atoms with Gasteiger partial charge in [-0.05, 0) is 90.5 Å². The fourth-order valence-corrected chi connectivity index (χ4v) is 4.15. The SMILES string of the molecule is CC/C(=C(/C(=O)Nc1ccc(OCCN(C)C)cc1)c1ccc(O)cc1)c1ccc2ccccc2c1. The summed E-state index contributed by atoms with van der Waals surface area (Å²) in [7, 11) is 4.01. The van der Waals surface area contributed by atoms with Crippen LogP contribution in [0.2, 0.25) is 0 Å². The Bertz CT molecular complexity index is 1360. The molecule has 0 heterocycles. The molecule has 0 unspecified atom stereocenters. The fraction of sp³-hybridized carbons (Fsp3) is 0.194. The van der Waals surface area contributed by atoms with Crippen molar-refractivity contribution in [2.75, 3.05) is 32.6 Å². The van der Waals surface area contributed by atoms with Gasteiger partial charge in [-0.1, -0.05) is 55.5 Å². The summed E-state index contributed by atoms with van der Waals surface area (Å²) in [5.41, 5.74) is 3.95. The van der Waals surface area contributed by atoms with Crippen LogP contribution < -0.4 is 10.1 Å². The van der Waals surface area contributed by atoms with Crippen molar-refractivity contribution in [3.05, 3.63) is 102 Å². The standard InChI is InChI=1S/C31H32N2O3/c1-4-29(25-10-9-22-7-5-6-8-24(22)21-25)30(23-11-15-27(34)16-12-23)31(35)32-26-13-17-28(18-14-26)36-20-19-33(2)3/h5-18,21,34H,4,19-20H2,1-3H3,(H,32,35)/b30-29-. The van der Waals surface area contributed by atoms with E-state index in [1.165, 1.54) is 0 Å². The molecule has 2 N–H and O–H groups in total. The number of fused-ring (bicyclic) bond motifs is 1. The Balaban J connectivity index is 1.67. The Hall–Kier alpha value is -4.09. The molecule has 36 heavy (non-hydrogen) atoms. The molecule has 0 aliphatic rings. The third kappa shape index (κ3) is 6.12. The Labute approximate surface area is 212 Å². The molecule has 1 amide bonds.